The molecule has 0 unspecified atom stereocenters. The summed E-state index contributed by atoms with van der Waals surface area (Å²) in [5.74, 6) is -1.46. The topological polar surface area (TPSA) is 155 Å². The highest BCUT2D eigenvalue weighted by Crippen LogP contribution is 2.36. The molecule has 0 saturated heterocycles. The Morgan fingerprint density at radius 2 is 1.83 bits per heavy atom. The van der Waals surface area contributed by atoms with E-state index in [1.54, 1.807) is 36.4 Å². The molecule has 0 spiro atoms. The summed E-state index contributed by atoms with van der Waals surface area (Å²) >= 11 is 1.74. The predicted octanol–water partition coefficient (Wildman–Crippen LogP) is 0.563. The number of aromatic hydroxyl groups is 1. The predicted molar refractivity (Wildman–Crippen MR) is 108 cm³/mol. The first-order chi connectivity index (χ1) is 13.9. The van der Waals surface area contributed by atoms with Crippen molar-refractivity contribution in [3.05, 3.63) is 58.7 Å². The molecule has 4 N–H and O–H groups in total. The van der Waals surface area contributed by atoms with Gasteiger partial charge in [-0.1, -0.05) is 18.2 Å². The van der Waals surface area contributed by atoms with E-state index in [0.29, 0.717) is 5.69 Å². The molecule has 2 aliphatic heterocycles. The number of nitrogens with one attached hydrogen (secondary N) is 1. The van der Waals surface area contributed by atoms with Crippen LogP contribution in [0.2, 0.25) is 0 Å². The van der Waals surface area contributed by atoms with Crippen LogP contribution < -0.4 is 25.1 Å². The molecule has 4 rings (SSSR count). The van der Waals surface area contributed by atoms with E-state index in [-0.39, 0.29) is 46.5 Å². The average molecular weight is 419 g/mol. The van der Waals surface area contributed by atoms with E-state index >= 15 is 0 Å². The molecule has 0 bridgehead atoms. The van der Waals surface area contributed by atoms with Crippen LogP contribution in [0.15, 0.2) is 35.1 Å². The van der Waals surface area contributed by atoms with Gasteiger partial charge in [0.25, 0.3) is 5.91 Å². The number of amidine groups is 1. The Bertz CT molecular complexity index is 1560. The zero-order valence-corrected chi connectivity index (χ0v) is 16.0. The van der Waals surface area contributed by atoms with Crippen LogP contribution in [0.1, 0.15) is 0 Å². The Labute approximate surface area is 170 Å². The minimum atomic E-state index is -0.938. The van der Waals surface area contributed by atoms with Crippen molar-refractivity contribution in [1.82, 2.24) is 0 Å². The number of fused-ring (bicyclic) bond motifs is 1. The maximum Gasteiger partial charge on any atom is 0.261 e. The summed E-state index contributed by atoms with van der Waals surface area (Å²) in [5, 5.41) is 38.0. The van der Waals surface area contributed by atoms with Crippen LogP contribution in [-0.2, 0) is 4.79 Å². The van der Waals surface area contributed by atoms with Crippen LogP contribution >= 0.6 is 22.7 Å². The second-order valence-electron chi connectivity index (χ2n) is 5.91. The van der Waals surface area contributed by atoms with E-state index in [9.17, 15) is 25.2 Å². The normalized spacial score (nSPS) is 13.8. The standard InChI is InChI=1S/C19H9N5O3S2/c20-6-9-11-12(24(17(9)22)8-4-2-1-3-5-8)14(26)16-15(13(11)25)28-19(29-16)10(7-21)18(23)27/h1-5,22,26H,(H2,23,27)/b19-10+,22-17?. The highest BCUT2D eigenvalue weighted by molar-refractivity contribution is 7.25. The maximum atomic E-state index is 13.2. The molecule has 140 valence electrons. The molecule has 8 nitrogen and oxygen atoms in total. The largest absolute Gasteiger partial charge is 0.504 e. The molecule has 1 aromatic rings. The van der Waals surface area contributed by atoms with E-state index in [1.165, 1.54) is 4.90 Å². The SMILES string of the molecule is N#CC1=c2c(c(O)c3s/c(=C(\C#N)C(N)=O)sc=3c2=O)N(c2ccccc2)C1=N. The second kappa shape index (κ2) is 6.56. The quantitative estimate of drug-likeness (QED) is 0.551. The fourth-order valence-corrected chi connectivity index (χ4v) is 5.64. The Hall–Kier alpha value is -3.99. The summed E-state index contributed by atoms with van der Waals surface area (Å²) in [7, 11) is 0. The molecule has 1 aliphatic carbocycles. The van der Waals surface area contributed by atoms with Crippen molar-refractivity contribution in [3.8, 4) is 17.9 Å². The Kier molecular flexibility index (Phi) is 4.16. The Morgan fingerprint density at radius 1 is 1.17 bits per heavy atom. The molecule has 0 saturated carbocycles. The van der Waals surface area contributed by atoms with Crippen molar-refractivity contribution >= 4 is 56.9 Å². The molecule has 2 heterocycles. The highest BCUT2D eigenvalue weighted by atomic mass is 32.2. The van der Waals surface area contributed by atoms with Gasteiger partial charge in [-0.05, 0) is 12.1 Å². The van der Waals surface area contributed by atoms with Gasteiger partial charge in [-0.15, -0.1) is 22.7 Å². The van der Waals surface area contributed by atoms with Crippen LogP contribution in [0.25, 0.3) is 11.1 Å². The van der Waals surface area contributed by atoms with Crippen molar-refractivity contribution in [3.63, 3.8) is 0 Å². The fourth-order valence-electron chi connectivity index (χ4n) is 3.09. The Morgan fingerprint density at radius 3 is 2.41 bits per heavy atom. The van der Waals surface area contributed by atoms with Gasteiger partial charge in [0.1, 0.15) is 38.7 Å². The number of primary amides is 1. The first-order valence-electron chi connectivity index (χ1n) is 8.02. The van der Waals surface area contributed by atoms with Crippen molar-refractivity contribution in [2.75, 3.05) is 4.90 Å². The molecule has 10 heteroatoms. The lowest BCUT2D eigenvalue weighted by Gasteiger charge is -2.20. The van der Waals surface area contributed by atoms with Gasteiger partial charge in [0.15, 0.2) is 5.75 Å². The lowest BCUT2D eigenvalue weighted by Crippen LogP contribution is -2.27. The number of carbonyl (C=O) groups excluding carboxylic acids is 1. The Balaban J connectivity index is 2.22. The zero-order valence-electron chi connectivity index (χ0n) is 14.4. The van der Waals surface area contributed by atoms with Gasteiger partial charge < -0.3 is 10.8 Å². The fraction of sp³-hybridized carbons (Fsp3) is 0. The molecule has 29 heavy (non-hydrogen) atoms. The zero-order chi connectivity index (χ0) is 20.9. The molecule has 1 aromatic carbocycles. The minimum absolute atomic E-state index is 0.0356. The van der Waals surface area contributed by atoms with Crippen LogP contribution in [0.5, 0.6) is 5.75 Å². The summed E-state index contributed by atoms with van der Waals surface area (Å²) in [4.78, 5) is 26.0. The third kappa shape index (κ3) is 2.51. The van der Waals surface area contributed by atoms with Crippen molar-refractivity contribution < 1.29 is 9.90 Å². The molecule has 0 aromatic heterocycles. The van der Waals surface area contributed by atoms with Gasteiger partial charge in [0.05, 0.1) is 14.3 Å². The number of hydrogen-bond donors (Lipinski definition) is 3. The van der Waals surface area contributed by atoms with Gasteiger partial charge >= 0.3 is 0 Å². The van der Waals surface area contributed by atoms with E-state index in [0.717, 1.165) is 22.7 Å². The molecule has 0 fully saturated rings. The number of anilines is 2. The number of benzene rings is 1. The number of nitrogens with two attached hydrogens (primary N) is 1. The number of nitrogens with zero attached hydrogens (tertiary/aromatic N) is 3. The monoisotopic (exact) mass is 419 g/mol. The van der Waals surface area contributed by atoms with E-state index in [1.807, 2.05) is 6.07 Å². The first kappa shape index (κ1) is 18.4. The molecular weight excluding hydrogens is 410 g/mol. The molecule has 3 aliphatic rings. The third-order valence-corrected chi connectivity index (χ3v) is 6.93. The molecule has 0 atom stereocenters. The number of para-hydroxylation sites is 1. The van der Waals surface area contributed by atoms with Gasteiger partial charge in [0.2, 0.25) is 5.43 Å². The van der Waals surface area contributed by atoms with Crippen molar-refractivity contribution in [1.29, 1.82) is 15.9 Å². The lowest BCUT2D eigenvalue weighted by molar-refractivity contribution is -0.112. The van der Waals surface area contributed by atoms with Gasteiger partial charge in [-0.25, -0.2) is 0 Å². The highest BCUT2D eigenvalue weighted by Gasteiger charge is 2.33. The lowest BCUT2D eigenvalue weighted by atomic mass is 10.2. The number of amides is 1. The summed E-state index contributed by atoms with van der Waals surface area (Å²) < 4.78 is 0.437. The molecular formula is C19H9N5O3S2. The minimum Gasteiger partial charge on any atom is -0.504 e. The van der Waals surface area contributed by atoms with Crippen molar-refractivity contribution in [2.45, 2.75) is 0 Å². The van der Waals surface area contributed by atoms with Gasteiger partial charge in [0, 0.05) is 5.69 Å². The van der Waals surface area contributed by atoms with E-state index < -0.39 is 11.3 Å². The van der Waals surface area contributed by atoms with Gasteiger partial charge in [-0.3, -0.25) is 19.9 Å². The maximum absolute atomic E-state index is 13.2. The first-order valence-corrected chi connectivity index (χ1v) is 9.65. The summed E-state index contributed by atoms with van der Waals surface area (Å²) in [6.07, 6.45) is 0. The van der Waals surface area contributed by atoms with E-state index in [2.05, 4.69) is 0 Å². The number of hydrogen-bond acceptors (Lipinski definition) is 8. The van der Waals surface area contributed by atoms with Gasteiger partial charge in [-0.2, -0.15) is 10.5 Å². The number of nitriles is 2. The summed E-state index contributed by atoms with van der Waals surface area (Å²) in [5.41, 5.74) is 4.73. The smallest absolute Gasteiger partial charge is 0.261 e. The second-order valence-corrected chi connectivity index (χ2v) is 8.21. The number of rotatable bonds is 2. The third-order valence-electron chi connectivity index (χ3n) is 4.33. The number of carbonyl (C=O) groups is 1. The van der Waals surface area contributed by atoms with Crippen LogP contribution in [-0.4, -0.2) is 16.8 Å². The van der Waals surface area contributed by atoms with Crippen LogP contribution in [0, 0.1) is 37.1 Å². The summed E-state index contributed by atoms with van der Waals surface area (Å²) in [6, 6.07) is 12.2. The van der Waals surface area contributed by atoms with Crippen LogP contribution in [0.3, 0.4) is 0 Å². The summed E-state index contributed by atoms with van der Waals surface area (Å²) in [6.45, 7) is 0. The molecule has 0 radical (unpaired) electrons. The average Bonchev–Trinajstić information content (AvgIpc) is 3.27. The van der Waals surface area contributed by atoms with E-state index in [4.69, 9.17) is 11.1 Å². The van der Waals surface area contributed by atoms with Crippen molar-refractivity contribution in [2.24, 2.45) is 5.73 Å². The molecule has 1 amide bonds. The van der Waals surface area contributed by atoms with Crippen LogP contribution in [0.4, 0.5) is 11.4 Å².